The molecule has 1 aliphatic rings. The molecule has 1 aliphatic carbocycles. The average Bonchev–Trinajstić information content (AvgIpc) is 2.87. The third-order valence-corrected chi connectivity index (χ3v) is 3.44. The minimum atomic E-state index is -0.172. The number of anilines is 1. The molecule has 1 aromatic carbocycles. The highest BCUT2D eigenvalue weighted by molar-refractivity contribution is 6.05. The number of aromatic nitrogens is 2. The Labute approximate surface area is 114 Å². The minimum absolute atomic E-state index is 0.108. The first-order chi connectivity index (χ1) is 9.70. The fourth-order valence-corrected chi connectivity index (χ4v) is 2.33. The van der Waals surface area contributed by atoms with Crippen molar-refractivity contribution in [3.8, 4) is 0 Å². The molecular formula is C13H13N5O2. The molecule has 7 nitrogen and oxygen atoms in total. The minimum Gasteiger partial charge on any atom is -0.409 e. The second kappa shape index (κ2) is 4.69. The molecule has 0 fully saturated rings. The number of carbonyl (C=O) groups excluding carboxylic acids is 1. The van der Waals surface area contributed by atoms with Crippen molar-refractivity contribution in [2.75, 3.05) is 5.32 Å². The number of hydrogen-bond donors (Lipinski definition) is 4. The van der Waals surface area contributed by atoms with Crippen molar-refractivity contribution in [1.82, 2.24) is 10.2 Å². The SMILES string of the molecule is NC(=NO)c1cn[nH]c1NC(=O)C1Cc2ccccc21. The Hall–Kier alpha value is -2.83. The zero-order valence-electron chi connectivity index (χ0n) is 10.5. The van der Waals surface area contributed by atoms with Crippen LogP contribution >= 0.6 is 0 Å². The monoisotopic (exact) mass is 271 g/mol. The van der Waals surface area contributed by atoms with Crippen LogP contribution in [0.25, 0.3) is 0 Å². The maximum atomic E-state index is 12.2. The van der Waals surface area contributed by atoms with Gasteiger partial charge in [-0.25, -0.2) is 0 Å². The highest BCUT2D eigenvalue weighted by Crippen LogP contribution is 2.35. The second-order valence-electron chi connectivity index (χ2n) is 4.59. The first-order valence-corrected chi connectivity index (χ1v) is 6.10. The van der Waals surface area contributed by atoms with Gasteiger partial charge in [-0.15, -0.1) is 0 Å². The van der Waals surface area contributed by atoms with Gasteiger partial charge in [-0.3, -0.25) is 9.89 Å². The van der Waals surface area contributed by atoms with Crippen LogP contribution in [0.4, 0.5) is 5.82 Å². The highest BCUT2D eigenvalue weighted by atomic mass is 16.4. The number of nitrogens with zero attached hydrogens (tertiary/aromatic N) is 2. The molecule has 0 aliphatic heterocycles. The van der Waals surface area contributed by atoms with Crippen molar-refractivity contribution < 1.29 is 10.0 Å². The van der Waals surface area contributed by atoms with Gasteiger partial charge in [0.15, 0.2) is 5.84 Å². The molecule has 20 heavy (non-hydrogen) atoms. The molecule has 1 unspecified atom stereocenters. The van der Waals surface area contributed by atoms with E-state index >= 15 is 0 Å². The van der Waals surface area contributed by atoms with Crippen LogP contribution in [-0.4, -0.2) is 27.1 Å². The summed E-state index contributed by atoms with van der Waals surface area (Å²) >= 11 is 0. The summed E-state index contributed by atoms with van der Waals surface area (Å²) in [7, 11) is 0. The van der Waals surface area contributed by atoms with Crippen LogP contribution in [0.1, 0.15) is 22.6 Å². The van der Waals surface area contributed by atoms with Gasteiger partial charge in [-0.1, -0.05) is 29.4 Å². The van der Waals surface area contributed by atoms with E-state index in [1.54, 1.807) is 0 Å². The van der Waals surface area contributed by atoms with Gasteiger partial charge in [0.2, 0.25) is 5.91 Å². The number of amidine groups is 1. The zero-order chi connectivity index (χ0) is 14.1. The average molecular weight is 271 g/mol. The van der Waals surface area contributed by atoms with Gasteiger partial charge in [0, 0.05) is 0 Å². The molecule has 102 valence electrons. The number of nitrogens with two attached hydrogens (primary N) is 1. The first-order valence-electron chi connectivity index (χ1n) is 6.10. The predicted octanol–water partition coefficient (Wildman–Crippen LogP) is 0.783. The molecule has 0 spiro atoms. The normalized spacial score (nSPS) is 17.2. The standard InChI is InChI=1S/C13H13N5O2/c14-11(18-20)10-6-15-17-12(10)16-13(19)9-5-7-3-1-2-4-8(7)9/h1-4,6,9,20H,5H2,(H2,14,18)(H2,15,16,17,19). The number of aromatic amines is 1. The van der Waals surface area contributed by atoms with E-state index in [1.807, 2.05) is 24.3 Å². The summed E-state index contributed by atoms with van der Waals surface area (Å²) in [6, 6.07) is 7.83. The molecule has 0 radical (unpaired) electrons. The lowest BCUT2D eigenvalue weighted by Crippen LogP contribution is -2.31. The Morgan fingerprint density at radius 1 is 1.50 bits per heavy atom. The van der Waals surface area contributed by atoms with E-state index in [1.165, 1.54) is 11.8 Å². The van der Waals surface area contributed by atoms with Gasteiger partial charge in [-0.2, -0.15) is 5.10 Å². The van der Waals surface area contributed by atoms with Crippen LogP contribution < -0.4 is 11.1 Å². The first kappa shape index (κ1) is 12.2. The maximum absolute atomic E-state index is 12.2. The van der Waals surface area contributed by atoms with Gasteiger partial charge >= 0.3 is 0 Å². The molecule has 0 saturated carbocycles. The summed E-state index contributed by atoms with van der Waals surface area (Å²) in [4.78, 5) is 12.2. The summed E-state index contributed by atoms with van der Waals surface area (Å²) in [6.07, 6.45) is 2.11. The number of carbonyl (C=O) groups is 1. The van der Waals surface area contributed by atoms with Gasteiger partial charge < -0.3 is 16.3 Å². The molecule has 1 amide bonds. The van der Waals surface area contributed by atoms with Crippen LogP contribution in [0.2, 0.25) is 0 Å². The molecule has 1 atom stereocenters. The molecular weight excluding hydrogens is 258 g/mol. The summed E-state index contributed by atoms with van der Waals surface area (Å²) in [5.74, 6) is -0.0904. The Morgan fingerprint density at radius 3 is 3.05 bits per heavy atom. The summed E-state index contributed by atoms with van der Waals surface area (Å²) in [5, 5.41) is 20.7. The Kier molecular flexibility index (Phi) is 2.86. The molecule has 5 N–H and O–H groups in total. The number of hydrogen-bond acceptors (Lipinski definition) is 4. The highest BCUT2D eigenvalue weighted by Gasteiger charge is 2.32. The molecule has 2 aromatic rings. The molecule has 3 rings (SSSR count). The lowest BCUT2D eigenvalue weighted by molar-refractivity contribution is -0.118. The van der Waals surface area contributed by atoms with Crippen molar-refractivity contribution in [2.45, 2.75) is 12.3 Å². The van der Waals surface area contributed by atoms with E-state index in [0.717, 1.165) is 12.0 Å². The molecule has 7 heteroatoms. The van der Waals surface area contributed by atoms with Gasteiger partial charge in [0.05, 0.1) is 17.7 Å². The fourth-order valence-electron chi connectivity index (χ4n) is 2.33. The van der Waals surface area contributed by atoms with Gasteiger partial charge in [0.1, 0.15) is 5.82 Å². The summed E-state index contributed by atoms with van der Waals surface area (Å²) < 4.78 is 0. The van der Waals surface area contributed by atoms with Crippen LogP contribution in [0.5, 0.6) is 0 Å². The lowest BCUT2D eigenvalue weighted by Gasteiger charge is -2.28. The molecule has 0 saturated heterocycles. The summed E-state index contributed by atoms with van der Waals surface area (Å²) in [6.45, 7) is 0. The number of nitrogens with one attached hydrogen (secondary N) is 2. The topological polar surface area (TPSA) is 116 Å². The molecule has 0 bridgehead atoms. The van der Waals surface area contributed by atoms with Crippen molar-refractivity contribution in [1.29, 1.82) is 0 Å². The smallest absolute Gasteiger partial charge is 0.233 e. The quantitative estimate of drug-likeness (QED) is 0.285. The van der Waals surface area contributed by atoms with Gasteiger partial charge in [0.25, 0.3) is 0 Å². The van der Waals surface area contributed by atoms with Crippen molar-refractivity contribution >= 4 is 17.6 Å². The molecule has 1 heterocycles. The van der Waals surface area contributed by atoms with Crippen molar-refractivity contribution in [2.24, 2.45) is 10.9 Å². The number of fused-ring (bicyclic) bond motifs is 1. The molecule has 1 aromatic heterocycles. The van der Waals surface area contributed by atoms with Gasteiger partial charge in [-0.05, 0) is 17.5 Å². The van der Waals surface area contributed by atoms with Crippen LogP contribution in [0.15, 0.2) is 35.6 Å². The summed E-state index contributed by atoms with van der Waals surface area (Å²) in [5.41, 5.74) is 8.08. The van der Waals surface area contributed by atoms with E-state index in [0.29, 0.717) is 11.4 Å². The third kappa shape index (κ3) is 1.89. The zero-order valence-corrected chi connectivity index (χ0v) is 10.5. The number of amides is 1. The lowest BCUT2D eigenvalue weighted by atomic mass is 9.77. The Morgan fingerprint density at radius 2 is 2.30 bits per heavy atom. The van der Waals surface area contributed by atoms with E-state index in [4.69, 9.17) is 10.9 Å². The van der Waals surface area contributed by atoms with E-state index < -0.39 is 0 Å². The van der Waals surface area contributed by atoms with Crippen LogP contribution in [-0.2, 0) is 11.2 Å². The predicted molar refractivity (Wildman–Crippen MR) is 72.6 cm³/mol. The van der Waals surface area contributed by atoms with Crippen molar-refractivity contribution in [3.05, 3.63) is 47.2 Å². The second-order valence-corrected chi connectivity index (χ2v) is 4.59. The van der Waals surface area contributed by atoms with E-state index in [-0.39, 0.29) is 17.7 Å². The number of H-pyrrole nitrogens is 1. The third-order valence-electron chi connectivity index (χ3n) is 3.44. The van der Waals surface area contributed by atoms with E-state index in [9.17, 15) is 4.79 Å². The largest absolute Gasteiger partial charge is 0.409 e. The Bertz CT molecular complexity index is 692. The Balaban J connectivity index is 1.77. The van der Waals surface area contributed by atoms with Crippen LogP contribution in [0.3, 0.4) is 0 Å². The van der Waals surface area contributed by atoms with E-state index in [2.05, 4.69) is 20.7 Å². The number of oxime groups is 1. The fraction of sp³-hybridized carbons (Fsp3) is 0.154. The van der Waals surface area contributed by atoms with Crippen LogP contribution in [0, 0.1) is 0 Å². The number of benzene rings is 1. The number of rotatable bonds is 3. The van der Waals surface area contributed by atoms with Crippen molar-refractivity contribution in [3.63, 3.8) is 0 Å². The maximum Gasteiger partial charge on any atom is 0.233 e.